The molecule has 0 radical (unpaired) electrons. The van der Waals surface area contributed by atoms with Crippen molar-refractivity contribution in [3.05, 3.63) is 0 Å². The Morgan fingerprint density at radius 1 is 1.69 bits per heavy atom. The van der Waals surface area contributed by atoms with E-state index in [-0.39, 0.29) is 12.0 Å². The monoisotopic (exact) mass is 185 g/mol. The zero-order valence-corrected chi connectivity index (χ0v) is 8.75. The quantitative estimate of drug-likeness (QED) is 0.665. The summed E-state index contributed by atoms with van der Waals surface area (Å²) < 4.78 is 5.07. The second-order valence-corrected chi connectivity index (χ2v) is 3.83. The van der Waals surface area contributed by atoms with Crippen LogP contribution in [0.15, 0.2) is 0 Å². The molecule has 1 aliphatic rings. The molecule has 2 unspecified atom stereocenters. The SMILES string of the molecule is COC(C)CC(=O)N1CCCC1C. The van der Waals surface area contributed by atoms with Crippen molar-refractivity contribution in [3.8, 4) is 0 Å². The van der Waals surface area contributed by atoms with Crippen LogP contribution in [0.3, 0.4) is 0 Å². The molecule has 3 heteroatoms. The van der Waals surface area contributed by atoms with Gasteiger partial charge in [0.2, 0.25) is 5.91 Å². The van der Waals surface area contributed by atoms with Crippen molar-refractivity contribution in [1.29, 1.82) is 0 Å². The topological polar surface area (TPSA) is 29.5 Å². The number of carbonyl (C=O) groups excluding carboxylic acids is 1. The minimum Gasteiger partial charge on any atom is -0.381 e. The summed E-state index contributed by atoms with van der Waals surface area (Å²) in [5, 5.41) is 0. The maximum Gasteiger partial charge on any atom is 0.225 e. The smallest absolute Gasteiger partial charge is 0.225 e. The third kappa shape index (κ3) is 2.69. The number of carbonyl (C=O) groups is 1. The van der Waals surface area contributed by atoms with Crippen LogP contribution >= 0.6 is 0 Å². The van der Waals surface area contributed by atoms with Crippen molar-refractivity contribution < 1.29 is 9.53 Å². The van der Waals surface area contributed by atoms with Gasteiger partial charge in [-0.25, -0.2) is 0 Å². The van der Waals surface area contributed by atoms with E-state index in [1.54, 1.807) is 7.11 Å². The maximum atomic E-state index is 11.7. The highest BCUT2D eigenvalue weighted by Gasteiger charge is 2.25. The fraction of sp³-hybridized carbons (Fsp3) is 0.900. The number of hydrogen-bond acceptors (Lipinski definition) is 2. The molecule has 1 rings (SSSR count). The molecule has 76 valence electrons. The number of amides is 1. The van der Waals surface area contributed by atoms with E-state index in [0.29, 0.717) is 12.5 Å². The first kappa shape index (κ1) is 10.5. The Morgan fingerprint density at radius 2 is 2.38 bits per heavy atom. The van der Waals surface area contributed by atoms with Crippen LogP contribution in [0, 0.1) is 0 Å². The summed E-state index contributed by atoms with van der Waals surface area (Å²) in [5.41, 5.74) is 0. The summed E-state index contributed by atoms with van der Waals surface area (Å²) in [5.74, 6) is 0.236. The normalized spacial score (nSPS) is 24.8. The van der Waals surface area contributed by atoms with Crippen molar-refractivity contribution in [3.63, 3.8) is 0 Å². The molecule has 0 N–H and O–H groups in total. The van der Waals surface area contributed by atoms with Crippen LogP contribution in [0.25, 0.3) is 0 Å². The molecule has 0 aromatic rings. The zero-order valence-electron chi connectivity index (χ0n) is 8.75. The highest BCUT2D eigenvalue weighted by Crippen LogP contribution is 2.17. The van der Waals surface area contributed by atoms with Gasteiger partial charge in [0.05, 0.1) is 12.5 Å². The molecule has 1 heterocycles. The van der Waals surface area contributed by atoms with Gasteiger partial charge in [0.15, 0.2) is 0 Å². The molecule has 3 nitrogen and oxygen atoms in total. The standard InChI is InChI=1S/C10H19NO2/c1-8-5-4-6-11(8)10(12)7-9(2)13-3/h8-9H,4-7H2,1-3H3. The molecule has 0 bridgehead atoms. The van der Waals surface area contributed by atoms with Crippen LogP contribution < -0.4 is 0 Å². The highest BCUT2D eigenvalue weighted by atomic mass is 16.5. The molecular formula is C10H19NO2. The van der Waals surface area contributed by atoms with E-state index in [1.165, 1.54) is 0 Å². The van der Waals surface area contributed by atoms with Gasteiger partial charge in [0.1, 0.15) is 0 Å². The lowest BCUT2D eigenvalue weighted by Crippen LogP contribution is -2.35. The van der Waals surface area contributed by atoms with Gasteiger partial charge in [-0.2, -0.15) is 0 Å². The van der Waals surface area contributed by atoms with Gasteiger partial charge in [-0.05, 0) is 26.7 Å². The number of ether oxygens (including phenoxy) is 1. The Balaban J connectivity index is 2.38. The molecular weight excluding hydrogens is 166 g/mol. The lowest BCUT2D eigenvalue weighted by Gasteiger charge is -2.22. The number of methoxy groups -OCH3 is 1. The molecule has 0 saturated carbocycles. The van der Waals surface area contributed by atoms with Crippen LogP contribution in [0.5, 0.6) is 0 Å². The Kier molecular flexibility index (Phi) is 3.72. The number of likely N-dealkylation sites (tertiary alicyclic amines) is 1. The van der Waals surface area contributed by atoms with Gasteiger partial charge in [-0.15, -0.1) is 0 Å². The molecule has 1 aliphatic heterocycles. The lowest BCUT2D eigenvalue weighted by atomic mass is 10.2. The summed E-state index contributed by atoms with van der Waals surface area (Å²) in [4.78, 5) is 13.6. The highest BCUT2D eigenvalue weighted by molar-refractivity contribution is 5.77. The van der Waals surface area contributed by atoms with Gasteiger partial charge < -0.3 is 9.64 Å². The fourth-order valence-electron chi connectivity index (χ4n) is 1.75. The van der Waals surface area contributed by atoms with Crippen molar-refractivity contribution in [2.45, 2.75) is 45.3 Å². The summed E-state index contributed by atoms with van der Waals surface area (Å²) in [7, 11) is 1.64. The predicted molar refractivity (Wildman–Crippen MR) is 51.5 cm³/mol. The van der Waals surface area contributed by atoms with Crippen LogP contribution in [0.1, 0.15) is 33.1 Å². The van der Waals surface area contributed by atoms with Crippen LogP contribution in [0.4, 0.5) is 0 Å². The Bertz CT molecular complexity index is 182. The first-order valence-electron chi connectivity index (χ1n) is 4.97. The molecule has 0 aromatic carbocycles. The number of nitrogens with zero attached hydrogens (tertiary/aromatic N) is 1. The van der Waals surface area contributed by atoms with E-state index in [0.717, 1.165) is 19.4 Å². The second kappa shape index (κ2) is 4.61. The van der Waals surface area contributed by atoms with Gasteiger partial charge in [-0.1, -0.05) is 0 Å². The molecule has 13 heavy (non-hydrogen) atoms. The Labute approximate surface area is 80.1 Å². The summed E-state index contributed by atoms with van der Waals surface area (Å²) in [6.45, 7) is 4.97. The van der Waals surface area contributed by atoms with Crippen molar-refractivity contribution in [1.82, 2.24) is 4.90 Å². The average Bonchev–Trinajstić information content (AvgIpc) is 2.51. The number of rotatable bonds is 3. The van der Waals surface area contributed by atoms with E-state index < -0.39 is 0 Å². The Hall–Kier alpha value is -0.570. The summed E-state index contributed by atoms with van der Waals surface area (Å²) in [6.07, 6.45) is 2.85. The van der Waals surface area contributed by atoms with Crippen LogP contribution in [-0.2, 0) is 9.53 Å². The first-order valence-corrected chi connectivity index (χ1v) is 4.97. The minimum atomic E-state index is 0.0419. The van der Waals surface area contributed by atoms with Crippen molar-refractivity contribution >= 4 is 5.91 Å². The van der Waals surface area contributed by atoms with E-state index in [9.17, 15) is 4.79 Å². The lowest BCUT2D eigenvalue weighted by molar-refractivity contribution is -0.134. The van der Waals surface area contributed by atoms with Gasteiger partial charge in [-0.3, -0.25) is 4.79 Å². The zero-order chi connectivity index (χ0) is 9.84. The molecule has 1 amide bonds. The predicted octanol–water partition coefficient (Wildman–Crippen LogP) is 1.42. The third-order valence-electron chi connectivity index (χ3n) is 2.74. The van der Waals surface area contributed by atoms with E-state index in [1.807, 2.05) is 11.8 Å². The average molecular weight is 185 g/mol. The molecule has 0 spiro atoms. The van der Waals surface area contributed by atoms with Crippen LogP contribution in [-0.4, -0.2) is 36.6 Å². The number of hydrogen-bond donors (Lipinski definition) is 0. The molecule has 0 aliphatic carbocycles. The van der Waals surface area contributed by atoms with Gasteiger partial charge in [0.25, 0.3) is 0 Å². The van der Waals surface area contributed by atoms with E-state index in [4.69, 9.17) is 4.74 Å². The Morgan fingerprint density at radius 3 is 2.85 bits per heavy atom. The summed E-state index contributed by atoms with van der Waals surface area (Å²) >= 11 is 0. The summed E-state index contributed by atoms with van der Waals surface area (Å²) in [6, 6.07) is 0.427. The molecule has 0 aromatic heterocycles. The first-order chi connectivity index (χ1) is 6.15. The fourth-order valence-corrected chi connectivity index (χ4v) is 1.75. The van der Waals surface area contributed by atoms with Gasteiger partial charge in [0, 0.05) is 19.7 Å². The molecule has 1 fully saturated rings. The minimum absolute atomic E-state index is 0.0419. The van der Waals surface area contributed by atoms with E-state index in [2.05, 4.69) is 6.92 Å². The second-order valence-electron chi connectivity index (χ2n) is 3.83. The largest absolute Gasteiger partial charge is 0.381 e. The van der Waals surface area contributed by atoms with Crippen LogP contribution in [0.2, 0.25) is 0 Å². The molecule has 2 atom stereocenters. The van der Waals surface area contributed by atoms with Crippen molar-refractivity contribution in [2.24, 2.45) is 0 Å². The van der Waals surface area contributed by atoms with Crippen molar-refractivity contribution in [2.75, 3.05) is 13.7 Å². The molecule has 1 saturated heterocycles. The van der Waals surface area contributed by atoms with E-state index >= 15 is 0 Å². The maximum absolute atomic E-state index is 11.7. The third-order valence-corrected chi connectivity index (χ3v) is 2.74. The van der Waals surface area contributed by atoms with Gasteiger partial charge >= 0.3 is 0 Å².